The number of allylic oxidation sites excluding steroid dienone is 3. The van der Waals surface area contributed by atoms with E-state index < -0.39 is 0 Å². The van der Waals surface area contributed by atoms with Crippen LogP contribution < -0.4 is 0 Å². The molecule has 3 heterocycles. The predicted octanol–water partition coefficient (Wildman–Crippen LogP) is 5.46. The minimum Gasteiger partial charge on any atom is -0.331 e. The van der Waals surface area contributed by atoms with Gasteiger partial charge in [-0.15, -0.1) is 0 Å². The Morgan fingerprint density at radius 2 is 2.08 bits per heavy atom. The third-order valence-corrected chi connectivity index (χ3v) is 8.24. The van der Waals surface area contributed by atoms with Crippen LogP contribution in [0.3, 0.4) is 0 Å². The lowest BCUT2D eigenvalue weighted by Crippen LogP contribution is -2.44. The average molecular weight is 481 g/mol. The highest BCUT2D eigenvalue weighted by Crippen LogP contribution is 2.39. The van der Waals surface area contributed by atoms with Crippen molar-refractivity contribution in [2.45, 2.75) is 39.2 Å². The molecule has 1 aromatic rings. The zero-order valence-corrected chi connectivity index (χ0v) is 17.9. The van der Waals surface area contributed by atoms with E-state index >= 15 is 0 Å². The van der Waals surface area contributed by atoms with E-state index in [1.807, 2.05) is 18.2 Å². The summed E-state index contributed by atoms with van der Waals surface area (Å²) in [6, 6.07) is 7.55. The lowest BCUT2D eigenvalue weighted by atomic mass is 10.0. The van der Waals surface area contributed by atoms with Gasteiger partial charge in [0.2, 0.25) is 0 Å². The fourth-order valence-electron chi connectivity index (χ4n) is 3.76. The molecule has 0 spiro atoms. The van der Waals surface area contributed by atoms with Crippen LogP contribution in [-0.2, 0) is 0 Å². The van der Waals surface area contributed by atoms with Crippen molar-refractivity contribution in [1.82, 2.24) is 9.80 Å². The maximum atomic E-state index is 13.2. The van der Waals surface area contributed by atoms with Crippen molar-refractivity contribution in [3.05, 3.63) is 68.1 Å². The first-order valence-corrected chi connectivity index (χ1v) is 11.5. The molecule has 0 unspecified atom stereocenters. The molecule has 1 atom stereocenters. The van der Waals surface area contributed by atoms with Crippen molar-refractivity contribution >= 4 is 41.9 Å². The van der Waals surface area contributed by atoms with Gasteiger partial charge in [-0.1, -0.05) is 38.4 Å². The zero-order chi connectivity index (χ0) is 18.3. The van der Waals surface area contributed by atoms with Gasteiger partial charge in [0.05, 0.1) is 9.67 Å². The molecule has 0 N–H and O–H groups in total. The molecule has 0 aliphatic carbocycles. The van der Waals surface area contributed by atoms with Crippen LogP contribution in [-0.4, -0.2) is 31.9 Å². The van der Waals surface area contributed by atoms with Crippen LogP contribution in [0.25, 0.3) is 0 Å². The molecule has 5 heteroatoms. The molecule has 136 valence electrons. The van der Waals surface area contributed by atoms with Crippen LogP contribution in [0.5, 0.6) is 0 Å². The molecule has 0 radical (unpaired) electrons. The Hall–Kier alpha value is -1.40. The highest BCUT2D eigenvalue weighted by Gasteiger charge is 2.33. The second-order valence-electron chi connectivity index (χ2n) is 7.00. The molecule has 4 rings (SSSR count). The van der Waals surface area contributed by atoms with Crippen molar-refractivity contribution < 1.29 is 4.79 Å². The van der Waals surface area contributed by atoms with Crippen molar-refractivity contribution in [2.75, 3.05) is 6.54 Å². The topological polar surface area (TPSA) is 23.6 Å². The summed E-state index contributed by atoms with van der Waals surface area (Å²) in [5, 5.41) is 0.617. The fraction of sp³-hybridized carbons (Fsp3) is 0.333. The van der Waals surface area contributed by atoms with E-state index in [4.69, 9.17) is 11.6 Å². The number of piperidine rings is 1. The van der Waals surface area contributed by atoms with Gasteiger partial charge in [0.1, 0.15) is 0 Å². The predicted molar refractivity (Wildman–Crippen MR) is 117 cm³/mol. The maximum absolute atomic E-state index is 13.2. The van der Waals surface area contributed by atoms with E-state index in [1.54, 1.807) is 6.07 Å². The number of rotatable bonds is 2. The van der Waals surface area contributed by atoms with Gasteiger partial charge in [-0.25, -0.2) is 0 Å². The summed E-state index contributed by atoms with van der Waals surface area (Å²) in [6.45, 7) is 5.15. The Balaban J connectivity index is 1.64. The molecule has 0 bridgehead atoms. The van der Waals surface area contributed by atoms with E-state index in [2.05, 4.69) is 42.0 Å². The molecule has 1 fully saturated rings. The van der Waals surface area contributed by atoms with Gasteiger partial charge < -0.3 is 9.80 Å². The first-order chi connectivity index (χ1) is 12.5. The summed E-state index contributed by atoms with van der Waals surface area (Å²) in [6.07, 6.45) is 10.1. The second-order valence-corrected chi connectivity index (χ2v) is 10.3. The van der Waals surface area contributed by atoms with Crippen LogP contribution in [0.1, 0.15) is 43.5 Å². The SMILES string of the molecule is CC1=CC2=IC([C@@H]3CCCCN3C(=O)c3cccc(Cl)c3)=CN2C(C)=C1. The Bertz CT molecular complexity index is 884. The highest BCUT2D eigenvalue weighted by molar-refractivity contribution is 14.2. The molecular formula is C21H22ClIN2O. The number of hydrogen-bond acceptors (Lipinski definition) is 2. The first-order valence-electron chi connectivity index (χ1n) is 8.99. The number of nitrogens with zero attached hydrogens (tertiary/aromatic N) is 2. The van der Waals surface area contributed by atoms with Crippen LogP contribution in [0.15, 0.2) is 57.5 Å². The molecule has 3 aliphatic heterocycles. The van der Waals surface area contributed by atoms with E-state index in [1.165, 1.54) is 24.9 Å². The van der Waals surface area contributed by atoms with E-state index in [-0.39, 0.29) is 32.7 Å². The Morgan fingerprint density at radius 3 is 2.88 bits per heavy atom. The lowest BCUT2D eigenvalue weighted by Gasteiger charge is -2.36. The van der Waals surface area contributed by atoms with Gasteiger partial charge in [0.15, 0.2) is 0 Å². The first kappa shape index (κ1) is 18.0. The number of fused-ring (bicyclic) bond motifs is 1. The van der Waals surface area contributed by atoms with Gasteiger partial charge in [0.25, 0.3) is 5.91 Å². The van der Waals surface area contributed by atoms with Crippen LogP contribution in [0, 0.1) is 0 Å². The fourth-order valence-corrected chi connectivity index (χ4v) is 7.44. The Kier molecular flexibility index (Phi) is 5.06. The average Bonchev–Trinajstić information content (AvgIpc) is 3.05. The number of benzene rings is 1. The summed E-state index contributed by atoms with van der Waals surface area (Å²) in [7, 11) is 0. The largest absolute Gasteiger partial charge is 0.331 e. The maximum Gasteiger partial charge on any atom is 0.254 e. The number of carbonyl (C=O) groups excluding carboxylic acids is 1. The molecular weight excluding hydrogens is 459 g/mol. The van der Waals surface area contributed by atoms with E-state index in [0.717, 1.165) is 19.4 Å². The number of hydrogen-bond donors (Lipinski definition) is 0. The van der Waals surface area contributed by atoms with E-state index in [9.17, 15) is 4.79 Å². The number of likely N-dealkylation sites (tertiary alicyclic amines) is 1. The Morgan fingerprint density at radius 1 is 1.23 bits per heavy atom. The minimum atomic E-state index is -0.227. The molecule has 3 nitrogen and oxygen atoms in total. The molecule has 1 amide bonds. The third kappa shape index (κ3) is 3.41. The van der Waals surface area contributed by atoms with Gasteiger partial charge in [-0.05, 0) is 69.0 Å². The van der Waals surface area contributed by atoms with Crippen molar-refractivity contribution in [2.24, 2.45) is 0 Å². The van der Waals surface area contributed by atoms with Gasteiger partial charge in [0, 0.05) is 32.6 Å². The molecule has 0 saturated carbocycles. The Labute approximate surface area is 169 Å². The standard InChI is InChI=1S/C21H22ClIN2O/c1-14-10-15(2)25-13-18(23-20(25)11-14)19-8-3-4-9-24(19)21(26)16-6-5-7-17(22)12-16/h5-7,10-13,19H,3-4,8-9H2,1-2H3/t19-/m0/s1. The summed E-state index contributed by atoms with van der Waals surface area (Å²) in [4.78, 5) is 17.6. The highest BCUT2D eigenvalue weighted by atomic mass is 127. The lowest BCUT2D eigenvalue weighted by molar-refractivity contribution is 0.0662. The minimum absolute atomic E-state index is 0.107. The van der Waals surface area contributed by atoms with Gasteiger partial charge >= 0.3 is 0 Å². The number of carbonyl (C=O) groups is 1. The van der Waals surface area contributed by atoms with E-state index in [0.29, 0.717) is 10.6 Å². The van der Waals surface area contributed by atoms with Gasteiger partial charge in [-0.3, -0.25) is 4.79 Å². The number of amides is 1. The zero-order valence-electron chi connectivity index (χ0n) is 15.0. The number of halogens is 2. The van der Waals surface area contributed by atoms with Crippen LogP contribution in [0.4, 0.5) is 0 Å². The van der Waals surface area contributed by atoms with Gasteiger partial charge in [-0.2, -0.15) is 0 Å². The van der Waals surface area contributed by atoms with Crippen LogP contribution in [0.2, 0.25) is 5.02 Å². The molecule has 1 saturated heterocycles. The van der Waals surface area contributed by atoms with Crippen molar-refractivity contribution in [3.63, 3.8) is 0 Å². The monoisotopic (exact) mass is 480 g/mol. The normalized spacial score (nSPS) is 22.7. The molecule has 1 aromatic carbocycles. The van der Waals surface area contributed by atoms with Crippen molar-refractivity contribution in [3.8, 4) is 0 Å². The van der Waals surface area contributed by atoms with Crippen molar-refractivity contribution in [1.29, 1.82) is 0 Å². The molecule has 0 aromatic heterocycles. The summed E-state index contributed by atoms with van der Waals surface area (Å²) in [5.74, 6) is 0.107. The molecule has 3 aliphatic rings. The second kappa shape index (κ2) is 7.31. The van der Waals surface area contributed by atoms with Crippen LogP contribution >= 0.6 is 32.3 Å². The summed E-state index contributed by atoms with van der Waals surface area (Å²) >= 11 is 5.88. The molecule has 26 heavy (non-hydrogen) atoms. The quantitative estimate of drug-likeness (QED) is 0.525. The summed E-state index contributed by atoms with van der Waals surface area (Å²) < 4.78 is 2.88. The smallest absolute Gasteiger partial charge is 0.254 e. The summed E-state index contributed by atoms with van der Waals surface area (Å²) in [5.41, 5.74) is 3.29. The third-order valence-electron chi connectivity index (χ3n) is 5.01.